The lowest BCUT2D eigenvalue weighted by atomic mass is 10.2. The van der Waals surface area contributed by atoms with Crippen molar-refractivity contribution >= 4 is 49.1 Å². The summed E-state index contributed by atoms with van der Waals surface area (Å²) in [6.07, 6.45) is 2.48. The molecule has 4 aromatic rings. The third kappa shape index (κ3) is 4.61. The number of aryl methyl sites for hydroxylation is 1. The summed E-state index contributed by atoms with van der Waals surface area (Å²) >= 11 is 9.34. The second-order valence-electron chi connectivity index (χ2n) is 7.16. The summed E-state index contributed by atoms with van der Waals surface area (Å²) in [6, 6.07) is 17.4. The highest BCUT2D eigenvalue weighted by molar-refractivity contribution is 9.10. The van der Waals surface area contributed by atoms with Crippen LogP contribution in [0.15, 0.2) is 85.9 Å². The van der Waals surface area contributed by atoms with Gasteiger partial charge in [0.05, 0.1) is 4.90 Å². The Morgan fingerprint density at radius 2 is 1.91 bits per heavy atom. The molecule has 0 unspecified atom stereocenters. The van der Waals surface area contributed by atoms with E-state index >= 15 is 0 Å². The van der Waals surface area contributed by atoms with Crippen LogP contribution in [0.3, 0.4) is 0 Å². The Bertz CT molecular complexity index is 1660. The molecule has 0 amide bonds. The van der Waals surface area contributed by atoms with Crippen molar-refractivity contribution in [1.82, 2.24) is 9.38 Å². The number of allylic oxidation sites excluding steroid dienone is 1. The van der Waals surface area contributed by atoms with E-state index in [1.807, 2.05) is 0 Å². The normalized spacial score (nSPS) is 11.9. The minimum Gasteiger partial charge on any atom is -0.438 e. The van der Waals surface area contributed by atoms with Gasteiger partial charge in [0.15, 0.2) is 0 Å². The van der Waals surface area contributed by atoms with Gasteiger partial charge in [-0.1, -0.05) is 33.6 Å². The van der Waals surface area contributed by atoms with Gasteiger partial charge in [0, 0.05) is 15.7 Å². The Balaban J connectivity index is 1.93. The van der Waals surface area contributed by atoms with E-state index in [9.17, 15) is 18.5 Å². The van der Waals surface area contributed by atoms with E-state index in [2.05, 4.69) is 20.9 Å². The number of rotatable bonds is 5. The molecule has 0 aliphatic carbocycles. The summed E-state index contributed by atoms with van der Waals surface area (Å²) < 4.78 is 34.0. The number of ether oxygens (including phenoxy) is 1. The minimum absolute atomic E-state index is 0.0897. The molecule has 34 heavy (non-hydrogen) atoms. The molecule has 0 saturated heterocycles. The first kappa shape index (κ1) is 23.7. The second kappa shape index (κ2) is 9.43. The molecule has 0 spiro atoms. The predicted molar refractivity (Wildman–Crippen MR) is 133 cm³/mol. The van der Waals surface area contributed by atoms with Crippen LogP contribution in [0.2, 0.25) is 5.02 Å². The maximum absolute atomic E-state index is 13.3. The van der Waals surface area contributed by atoms with Gasteiger partial charge in [-0.2, -0.15) is 10.2 Å². The number of halogens is 2. The van der Waals surface area contributed by atoms with Crippen LogP contribution in [0.5, 0.6) is 11.6 Å². The molecule has 0 atom stereocenters. The van der Waals surface area contributed by atoms with Crippen molar-refractivity contribution < 1.29 is 13.2 Å². The van der Waals surface area contributed by atoms with Gasteiger partial charge in [0.25, 0.3) is 5.56 Å². The maximum Gasteiger partial charge on any atom is 0.269 e. The Morgan fingerprint density at radius 3 is 2.59 bits per heavy atom. The fraction of sp³-hybridized carbons (Fsp3) is 0.0417. The van der Waals surface area contributed by atoms with Gasteiger partial charge < -0.3 is 4.74 Å². The second-order valence-corrected chi connectivity index (χ2v) is 10.4. The Morgan fingerprint density at radius 1 is 1.18 bits per heavy atom. The SMILES string of the molecule is Cc1cc(Oc2nc3ccccn3c(=O)c2C=C(C#N)S(=O)(=O)c2ccc(Br)cc2)ccc1Cl. The van der Waals surface area contributed by atoms with Crippen LogP contribution in [0.4, 0.5) is 0 Å². The summed E-state index contributed by atoms with van der Waals surface area (Å²) in [4.78, 5) is 17.0. The molecule has 10 heteroatoms. The van der Waals surface area contributed by atoms with Crippen molar-refractivity contribution in [3.05, 3.63) is 103 Å². The molecule has 4 rings (SSSR count). The van der Waals surface area contributed by atoms with Crippen LogP contribution in [0.25, 0.3) is 11.7 Å². The molecule has 2 aromatic heterocycles. The summed E-state index contributed by atoms with van der Waals surface area (Å²) in [7, 11) is -4.21. The fourth-order valence-corrected chi connectivity index (χ4v) is 4.64. The van der Waals surface area contributed by atoms with Crippen LogP contribution < -0.4 is 10.3 Å². The maximum atomic E-state index is 13.3. The average Bonchev–Trinajstić information content (AvgIpc) is 2.81. The molecular weight excluding hydrogens is 542 g/mol. The van der Waals surface area contributed by atoms with Gasteiger partial charge in [-0.05, 0) is 73.2 Å². The van der Waals surface area contributed by atoms with Crippen molar-refractivity contribution in [3.8, 4) is 17.7 Å². The van der Waals surface area contributed by atoms with E-state index in [0.29, 0.717) is 20.9 Å². The molecular formula is C24H15BrClN3O4S. The molecule has 0 N–H and O–H groups in total. The van der Waals surface area contributed by atoms with Crippen LogP contribution in [0.1, 0.15) is 11.1 Å². The highest BCUT2D eigenvalue weighted by Crippen LogP contribution is 2.29. The van der Waals surface area contributed by atoms with Crippen LogP contribution >= 0.6 is 27.5 Å². The molecule has 0 aliphatic rings. The average molecular weight is 557 g/mol. The van der Waals surface area contributed by atoms with Gasteiger partial charge in [-0.15, -0.1) is 0 Å². The minimum atomic E-state index is -4.21. The third-order valence-corrected chi connectivity index (χ3v) is 7.51. The molecule has 0 aliphatic heterocycles. The summed E-state index contributed by atoms with van der Waals surface area (Å²) in [6.45, 7) is 1.79. The molecule has 0 radical (unpaired) electrons. The van der Waals surface area contributed by atoms with Crippen molar-refractivity contribution in [2.24, 2.45) is 0 Å². The standard InChI is InChI=1S/C24H15BrClN3O4S/c1-15-12-17(7-10-21(15)26)33-23-20(24(30)29-11-3-2-4-22(29)28-23)13-19(14-27)34(31,32)18-8-5-16(25)6-9-18/h2-13H,1H3. The molecule has 0 bridgehead atoms. The summed E-state index contributed by atoms with van der Waals surface area (Å²) in [5.41, 5.74) is 0.252. The lowest BCUT2D eigenvalue weighted by Gasteiger charge is -2.11. The van der Waals surface area contributed by atoms with Crippen molar-refractivity contribution in [2.45, 2.75) is 11.8 Å². The number of fused-ring (bicyclic) bond motifs is 1. The molecule has 2 aromatic carbocycles. The zero-order valence-corrected chi connectivity index (χ0v) is 20.7. The van der Waals surface area contributed by atoms with Gasteiger partial charge in [-0.3, -0.25) is 9.20 Å². The number of nitrogens with zero attached hydrogens (tertiary/aromatic N) is 3. The number of pyridine rings is 1. The van der Waals surface area contributed by atoms with E-state index in [0.717, 1.165) is 11.6 Å². The van der Waals surface area contributed by atoms with E-state index in [4.69, 9.17) is 16.3 Å². The van der Waals surface area contributed by atoms with Crippen molar-refractivity contribution in [2.75, 3.05) is 0 Å². The highest BCUT2D eigenvalue weighted by atomic mass is 79.9. The zero-order valence-electron chi connectivity index (χ0n) is 17.6. The fourth-order valence-electron chi connectivity index (χ4n) is 3.12. The number of aromatic nitrogens is 2. The summed E-state index contributed by atoms with van der Waals surface area (Å²) in [5, 5.41) is 10.2. The van der Waals surface area contributed by atoms with E-state index in [1.54, 1.807) is 61.5 Å². The van der Waals surface area contributed by atoms with Crippen molar-refractivity contribution in [3.63, 3.8) is 0 Å². The summed E-state index contributed by atoms with van der Waals surface area (Å²) in [5.74, 6) is 0.203. The Hall–Kier alpha value is -3.45. The smallest absolute Gasteiger partial charge is 0.269 e. The van der Waals surface area contributed by atoms with Crippen LogP contribution in [0, 0.1) is 18.3 Å². The highest BCUT2D eigenvalue weighted by Gasteiger charge is 2.23. The molecule has 7 nitrogen and oxygen atoms in total. The number of sulfone groups is 1. The first-order chi connectivity index (χ1) is 16.2. The van der Waals surface area contributed by atoms with E-state index < -0.39 is 20.3 Å². The van der Waals surface area contributed by atoms with Gasteiger partial charge >= 0.3 is 0 Å². The quantitative estimate of drug-likeness (QED) is 0.299. The first-order valence-corrected chi connectivity index (χ1v) is 12.4. The molecule has 170 valence electrons. The van der Waals surface area contributed by atoms with E-state index in [-0.39, 0.29) is 16.3 Å². The van der Waals surface area contributed by atoms with Crippen LogP contribution in [-0.4, -0.2) is 17.8 Å². The monoisotopic (exact) mass is 555 g/mol. The third-order valence-electron chi connectivity index (χ3n) is 4.88. The van der Waals surface area contributed by atoms with E-state index in [1.165, 1.54) is 22.7 Å². The zero-order chi connectivity index (χ0) is 24.5. The van der Waals surface area contributed by atoms with Gasteiger partial charge in [0.1, 0.15) is 27.9 Å². The number of benzene rings is 2. The number of nitriles is 1. The van der Waals surface area contributed by atoms with Gasteiger partial charge in [0.2, 0.25) is 15.7 Å². The topological polar surface area (TPSA) is 102 Å². The van der Waals surface area contributed by atoms with Gasteiger partial charge in [-0.25, -0.2) is 8.42 Å². The number of hydrogen-bond acceptors (Lipinski definition) is 6. The first-order valence-electron chi connectivity index (χ1n) is 9.78. The largest absolute Gasteiger partial charge is 0.438 e. The molecule has 2 heterocycles. The molecule has 0 fully saturated rings. The lowest BCUT2D eigenvalue weighted by molar-refractivity contribution is 0.460. The van der Waals surface area contributed by atoms with Crippen LogP contribution in [-0.2, 0) is 9.84 Å². The molecule has 0 saturated carbocycles. The number of hydrogen-bond donors (Lipinski definition) is 0. The predicted octanol–water partition coefficient (Wildman–Crippen LogP) is 5.55. The lowest BCUT2D eigenvalue weighted by Crippen LogP contribution is -2.19. The Kier molecular flexibility index (Phi) is 6.57. The Labute approximate surface area is 208 Å². The van der Waals surface area contributed by atoms with Crippen molar-refractivity contribution in [1.29, 1.82) is 5.26 Å².